The van der Waals surface area contributed by atoms with Gasteiger partial charge in [-0.2, -0.15) is 0 Å². The molecule has 0 aromatic heterocycles. The Hall–Kier alpha value is 0.503. The van der Waals surface area contributed by atoms with E-state index < -0.39 is 0 Å². The summed E-state index contributed by atoms with van der Waals surface area (Å²) in [6.45, 7) is 1.57. The summed E-state index contributed by atoms with van der Waals surface area (Å²) >= 11 is 0. The molecule has 0 saturated carbocycles. The zero-order valence-corrected chi connectivity index (χ0v) is 7.31. The van der Waals surface area contributed by atoms with Crippen LogP contribution in [0.5, 0.6) is 0 Å². The number of hydrogen-bond donors (Lipinski definition) is 0. The normalized spacial score (nSPS) is 4.50. The van der Waals surface area contributed by atoms with Crippen LogP contribution < -0.4 is 5.11 Å². The van der Waals surface area contributed by atoms with Crippen molar-refractivity contribution in [2.24, 2.45) is 0 Å². The molecule has 0 fully saturated rings. The molecule has 0 atom stereocenters. The summed E-state index contributed by atoms with van der Waals surface area (Å²) in [6, 6.07) is 0. The summed E-state index contributed by atoms with van der Waals surface area (Å²) < 4.78 is 0. The Morgan fingerprint density at radius 2 is 1.75 bits per heavy atom. The second-order valence-electron chi connectivity index (χ2n) is 0.289. The van der Waals surface area contributed by atoms with Gasteiger partial charge in [0.15, 0.2) is 0 Å². The Morgan fingerprint density at radius 3 is 1.75 bits per heavy atom. The molecule has 0 unspecified atom stereocenters. The van der Waals surface area contributed by atoms with E-state index in [9.17, 15) is 0 Å². The summed E-state index contributed by atoms with van der Waals surface area (Å²) in [4.78, 5) is 0. The first kappa shape index (κ1) is 8.82. The van der Waals surface area contributed by atoms with Gasteiger partial charge >= 0.3 is 17.6 Å². The molecule has 0 spiro atoms. The van der Waals surface area contributed by atoms with E-state index in [4.69, 9.17) is 5.11 Å². The molecule has 0 heterocycles. The zero-order valence-electron chi connectivity index (χ0n) is 3.12. The molecule has 0 aromatic carbocycles. The summed E-state index contributed by atoms with van der Waals surface area (Å²) in [5, 5.41) is 8.93. The van der Waals surface area contributed by atoms with Gasteiger partial charge < -0.3 is 5.11 Å². The van der Waals surface area contributed by atoms with E-state index in [1.165, 1.54) is 0 Å². The molecule has 2 heteroatoms. The van der Waals surface area contributed by atoms with E-state index in [0.717, 1.165) is 0 Å². The molecule has 0 aliphatic heterocycles. The van der Waals surface area contributed by atoms with Crippen molar-refractivity contribution in [1.29, 1.82) is 0 Å². The fraction of sp³-hybridized carbons (Fsp3) is 1.00. The average Bonchev–Trinajstić information content (AvgIpc) is 0.918. The Morgan fingerprint density at radius 1 is 1.75 bits per heavy atom. The first-order chi connectivity index (χ1) is 1.41. The first-order valence-electron chi connectivity index (χ1n) is 0.996. The van der Waals surface area contributed by atoms with E-state index in [-0.39, 0.29) is 24.2 Å². The molecule has 26 valence electrons. The third-order valence-corrected chi connectivity index (χ3v) is 0. The molecule has 0 radical (unpaired) electrons. The van der Waals surface area contributed by atoms with Crippen LogP contribution in [0.25, 0.3) is 0 Å². The van der Waals surface area contributed by atoms with Gasteiger partial charge in [0.25, 0.3) is 0 Å². The van der Waals surface area contributed by atoms with E-state index in [1.807, 2.05) is 0 Å². The summed E-state index contributed by atoms with van der Waals surface area (Å²) in [6.07, 6.45) is 0. The molecule has 0 rings (SSSR count). The molecule has 0 aliphatic rings. The van der Waals surface area contributed by atoms with Crippen molar-refractivity contribution >= 4 is 17.6 Å². The topological polar surface area (TPSA) is 23.1 Å². The molecule has 1 nitrogen and oxygen atoms in total. The second kappa shape index (κ2) is 9.72. The van der Waals surface area contributed by atoms with Gasteiger partial charge in [-0.15, -0.1) is 6.61 Å². The van der Waals surface area contributed by atoms with Gasteiger partial charge in [-0.25, -0.2) is 0 Å². The molecular formula is C2H8GeO. The van der Waals surface area contributed by atoms with Crippen LogP contribution >= 0.6 is 0 Å². The average molecular weight is 121 g/mol. The first-order valence-corrected chi connectivity index (χ1v) is 0.996. The van der Waals surface area contributed by atoms with Crippen LogP contribution in [0.15, 0.2) is 0 Å². The van der Waals surface area contributed by atoms with Gasteiger partial charge in [-0.3, -0.25) is 0 Å². The van der Waals surface area contributed by atoms with E-state index in [0.29, 0.717) is 0 Å². The molecule has 0 N–H and O–H groups in total. The van der Waals surface area contributed by atoms with E-state index >= 15 is 0 Å². The Balaban J connectivity index is 0. The third kappa shape index (κ3) is 22.4. The van der Waals surface area contributed by atoms with Gasteiger partial charge in [0.1, 0.15) is 0 Å². The minimum atomic E-state index is 0. The Bertz CT molecular complexity index is 6.00. The predicted molar refractivity (Wildman–Crippen MR) is 20.5 cm³/mol. The van der Waals surface area contributed by atoms with Crippen molar-refractivity contribution in [1.82, 2.24) is 0 Å². The second-order valence-corrected chi connectivity index (χ2v) is 0.289. The minimum absolute atomic E-state index is 0. The summed E-state index contributed by atoms with van der Waals surface area (Å²) in [5.74, 6) is 0. The van der Waals surface area contributed by atoms with Crippen molar-refractivity contribution in [2.75, 3.05) is 6.61 Å². The zero-order chi connectivity index (χ0) is 2.71. The van der Waals surface area contributed by atoms with Crippen LogP contribution in [0, 0.1) is 0 Å². The van der Waals surface area contributed by atoms with Gasteiger partial charge in [-0.1, -0.05) is 6.92 Å². The molecular weight excluding hydrogens is 113 g/mol. The SMILES string of the molecule is CC[O-].[GeH3+]. The predicted octanol–water partition coefficient (Wildman–Crippen LogP) is -1.82. The summed E-state index contributed by atoms with van der Waals surface area (Å²) in [5.41, 5.74) is 0. The molecule has 4 heavy (non-hydrogen) atoms. The van der Waals surface area contributed by atoms with E-state index in [1.54, 1.807) is 6.92 Å². The standard InChI is InChI=1S/C2H5O.GeH3/c1-2-3;/h2H2,1H3;1H3/q-1;+1. The third-order valence-electron chi connectivity index (χ3n) is 0. The van der Waals surface area contributed by atoms with Crippen LogP contribution in [0.4, 0.5) is 0 Å². The monoisotopic (exact) mass is 122 g/mol. The van der Waals surface area contributed by atoms with Gasteiger partial charge in [0.05, 0.1) is 0 Å². The van der Waals surface area contributed by atoms with Crippen molar-refractivity contribution in [3.05, 3.63) is 0 Å². The van der Waals surface area contributed by atoms with Crippen LogP contribution in [-0.2, 0) is 0 Å². The number of rotatable bonds is 0. The maximum absolute atomic E-state index is 8.93. The van der Waals surface area contributed by atoms with Crippen LogP contribution in [-0.4, -0.2) is 24.2 Å². The molecule has 0 amide bonds. The molecule has 0 bridgehead atoms. The van der Waals surface area contributed by atoms with Gasteiger partial charge in [0, 0.05) is 0 Å². The van der Waals surface area contributed by atoms with Crippen molar-refractivity contribution in [3.63, 3.8) is 0 Å². The van der Waals surface area contributed by atoms with Crippen molar-refractivity contribution in [2.45, 2.75) is 6.92 Å². The van der Waals surface area contributed by atoms with Crippen LogP contribution in [0.1, 0.15) is 6.92 Å². The molecule has 0 aromatic rings. The van der Waals surface area contributed by atoms with E-state index in [2.05, 4.69) is 0 Å². The fourth-order valence-corrected chi connectivity index (χ4v) is 0. The van der Waals surface area contributed by atoms with Crippen molar-refractivity contribution < 1.29 is 5.11 Å². The fourth-order valence-electron chi connectivity index (χ4n) is 0. The molecule has 0 aliphatic carbocycles. The Kier molecular flexibility index (Phi) is 21.4. The van der Waals surface area contributed by atoms with Crippen molar-refractivity contribution in [3.8, 4) is 0 Å². The quantitative estimate of drug-likeness (QED) is 0.346. The summed E-state index contributed by atoms with van der Waals surface area (Å²) in [7, 11) is 0. The molecule has 0 saturated heterocycles. The van der Waals surface area contributed by atoms with Crippen LogP contribution in [0.3, 0.4) is 0 Å². The van der Waals surface area contributed by atoms with Gasteiger partial charge in [-0.05, 0) is 0 Å². The Labute approximate surface area is 37.0 Å². The van der Waals surface area contributed by atoms with Gasteiger partial charge in [0.2, 0.25) is 0 Å². The van der Waals surface area contributed by atoms with Crippen LogP contribution in [0.2, 0.25) is 0 Å². The maximum atomic E-state index is 8.93. The number of hydrogen-bond acceptors (Lipinski definition) is 1.